The van der Waals surface area contributed by atoms with E-state index in [9.17, 15) is 15.0 Å². The Morgan fingerprint density at radius 2 is 2.38 bits per heavy atom. The molecule has 1 aliphatic heterocycles. The second-order valence-electron chi connectivity index (χ2n) is 5.54. The summed E-state index contributed by atoms with van der Waals surface area (Å²) in [6.07, 6.45) is -4.29. The van der Waals surface area contributed by atoms with Crippen LogP contribution in [-0.2, 0) is 4.74 Å². The fourth-order valence-corrected chi connectivity index (χ4v) is 2.96. The second-order valence-corrected chi connectivity index (χ2v) is 5.73. The van der Waals surface area contributed by atoms with E-state index in [2.05, 4.69) is 15.9 Å². The monoisotopic (exact) mass is 356 g/mol. The predicted octanol–water partition coefficient (Wildman–Crippen LogP) is -0.146. The highest BCUT2D eigenvalue weighted by molar-refractivity contribution is 6.30. The predicted molar refractivity (Wildman–Crippen MR) is 83.8 cm³/mol. The Kier molecular flexibility index (Phi) is 4.01. The Morgan fingerprint density at radius 1 is 1.67 bits per heavy atom. The third-order valence-electron chi connectivity index (χ3n) is 3.95. The lowest BCUT2D eigenvalue weighted by Crippen LogP contribution is -2.44. The number of aromatic nitrogens is 3. The number of fused-ring (bicyclic) bond motifs is 1. The molecule has 0 amide bonds. The van der Waals surface area contributed by atoms with Crippen molar-refractivity contribution in [1.29, 1.82) is 0 Å². The maximum atomic E-state index is 15.4. The van der Waals surface area contributed by atoms with Crippen molar-refractivity contribution >= 4 is 28.6 Å². The fourth-order valence-electron chi connectivity index (χ4n) is 2.81. The lowest BCUT2D eigenvalue weighted by atomic mass is 9.95. The van der Waals surface area contributed by atoms with Gasteiger partial charge in [0.15, 0.2) is 11.9 Å². The van der Waals surface area contributed by atoms with Crippen LogP contribution in [0.1, 0.15) is 13.2 Å². The van der Waals surface area contributed by atoms with Crippen molar-refractivity contribution in [3.63, 3.8) is 0 Å². The summed E-state index contributed by atoms with van der Waals surface area (Å²) in [7, 11) is 0. The van der Waals surface area contributed by atoms with Gasteiger partial charge in [0, 0.05) is 11.6 Å². The molecule has 10 heteroatoms. The van der Waals surface area contributed by atoms with Gasteiger partial charge in [-0.2, -0.15) is 4.98 Å². The van der Waals surface area contributed by atoms with E-state index in [0.717, 1.165) is 0 Å². The van der Waals surface area contributed by atoms with E-state index >= 15 is 4.39 Å². The zero-order chi connectivity index (χ0) is 17.6. The van der Waals surface area contributed by atoms with Gasteiger partial charge in [-0.15, -0.1) is 0 Å². The standard InChI is InChI=1S/C14H14ClFN4O4/c1-6(21)8-9(22)14(16,3-4-15)12(24-8)20-5-2-7-10(20)18-13(17)19-11(7)23/h2,5-6,8-9,12,21-22H,1H3,(H3,17,18,19,23)/t6-,8+,9-,12+,14?/m0/s1. The van der Waals surface area contributed by atoms with Crippen molar-refractivity contribution in [1.82, 2.24) is 14.5 Å². The largest absolute Gasteiger partial charge is 0.391 e. The van der Waals surface area contributed by atoms with Gasteiger partial charge in [-0.05, 0) is 30.5 Å². The molecule has 2 aromatic heterocycles. The Hall–Kier alpha value is -2.12. The number of aliphatic hydroxyl groups is 2. The first-order valence-electron chi connectivity index (χ1n) is 6.99. The minimum Gasteiger partial charge on any atom is -0.391 e. The molecule has 1 saturated heterocycles. The number of nitrogens with zero attached hydrogens (tertiary/aromatic N) is 2. The van der Waals surface area contributed by atoms with Crippen LogP contribution in [0.15, 0.2) is 17.1 Å². The van der Waals surface area contributed by atoms with Crippen molar-refractivity contribution in [3.8, 4) is 11.3 Å². The SMILES string of the molecule is C[C@H](O)[C@H]1O[C@@H](n2ccc3c(=O)[nH]c(N)nc32)C(F)(C#CCl)[C@H]1O. The maximum absolute atomic E-state index is 15.4. The quantitative estimate of drug-likeness (QED) is 0.554. The molecule has 1 aliphatic rings. The van der Waals surface area contributed by atoms with Crippen LogP contribution in [0, 0.1) is 11.3 Å². The van der Waals surface area contributed by atoms with Gasteiger partial charge in [-0.25, -0.2) is 4.39 Å². The minimum atomic E-state index is -2.62. The molecule has 3 heterocycles. The molecule has 0 aromatic carbocycles. The van der Waals surface area contributed by atoms with E-state index in [1.807, 2.05) is 5.38 Å². The van der Waals surface area contributed by atoms with Crippen LogP contribution in [0.4, 0.5) is 10.3 Å². The molecule has 8 nitrogen and oxygen atoms in total. The summed E-state index contributed by atoms with van der Waals surface area (Å²) >= 11 is 5.33. The van der Waals surface area contributed by atoms with Gasteiger partial charge in [0.25, 0.3) is 5.56 Å². The van der Waals surface area contributed by atoms with Gasteiger partial charge < -0.3 is 25.3 Å². The van der Waals surface area contributed by atoms with Crippen LogP contribution in [0.5, 0.6) is 0 Å². The first-order valence-corrected chi connectivity index (χ1v) is 7.37. The molecule has 0 saturated carbocycles. The van der Waals surface area contributed by atoms with E-state index in [-0.39, 0.29) is 17.0 Å². The Bertz CT molecular complexity index is 902. The highest BCUT2D eigenvalue weighted by Gasteiger charge is 2.59. The normalized spacial score (nSPS) is 31.0. The van der Waals surface area contributed by atoms with Gasteiger partial charge in [-0.1, -0.05) is 0 Å². The highest BCUT2D eigenvalue weighted by atomic mass is 35.5. The number of hydrogen-bond acceptors (Lipinski definition) is 6. The molecule has 128 valence electrons. The first kappa shape index (κ1) is 16.7. The number of halogens is 2. The molecule has 1 fully saturated rings. The number of nitrogens with two attached hydrogens (primary N) is 1. The van der Waals surface area contributed by atoms with Gasteiger partial charge in [0.05, 0.1) is 11.5 Å². The van der Waals surface area contributed by atoms with Crippen LogP contribution < -0.4 is 11.3 Å². The van der Waals surface area contributed by atoms with Gasteiger partial charge >= 0.3 is 0 Å². The average Bonchev–Trinajstić information content (AvgIpc) is 3.00. The third-order valence-corrected chi connectivity index (χ3v) is 4.05. The molecular weight excluding hydrogens is 343 g/mol. The van der Waals surface area contributed by atoms with Crippen molar-refractivity contribution in [2.45, 2.75) is 37.1 Å². The summed E-state index contributed by atoms with van der Waals surface area (Å²) in [5.41, 5.74) is 2.46. The molecule has 0 radical (unpaired) electrons. The smallest absolute Gasteiger partial charge is 0.261 e. The average molecular weight is 357 g/mol. The van der Waals surface area contributed by atoms with Crippen LogP contribution >= 0.6 is 11.6 Å². The molecule has 5 N–H and O–H groups in total. The van der Waals surface area contributed by atoms with Gasteiger partial charge in [-0.3, -0.25) is 9.78 Å². The highest BCUT2D eigenvalue weighted by Crippen LogP contribution is 2.43. The molecule has 0 bridgehead atoms. The molecule has 2 aromatic rings. The number of anilines is 1. The number of alkyl halides is 1. The number of rotatable bonds is 2. The lowest BCUT2D eigenvalue weighted by Gasteiger charge is -2.24. The summed E-state index contributed by atoms with van der Waals surface area (Å²) in [6.45, 7) is 1.35. The number of hydrogen-bond donors (Lipinski definition) is 4. The zero-order valence-electron chi connectivity index (χ0n) is 12.4. The molecule has 5 atom stereocenters. The number of aliphatic hydroxyl groups excluding tert-OH is 2. The summed E-state index contributed by atoms with van der Waals surface area (Å²) in [5.74, 6) is 1.92. The Balaban J connectivity index is 2.20. The zero-order valence-corrected chi connectivity index (χ0v) is 13.2. The molecule has 1 unspecified atom stereocenters. The van der Waals surface area contributed by atoms with Crippen LogP contribution in [0.25, 0.3) is 11.0 Å². The minimum absolute atomic E-state index is 0.0538. The summed E-state index contributed by atoms with van der Waals surface area (Å²) in [4.78, 5) is 18.2. The van der Waals surface area contributed by atoms with E-state index in [1.165, 1.54) is 23.8 Å². The fraction of sp³-hybridized carbons (Fsp3) is 0.429. The van der Waals surface area contributed by atoms with E-state index < -0.39 is 35.8 Å². The van der Waals surface area contributed by atoms with Crippen molar-refractivity contribution in [2.75, 3.05) is 5.73 Å². The van der Waals surface area contributed by atoms with E-state index in [0.29, 0.717) is 0 Å². The van der Waals surface area contributed by atoms with Gasteiger partial charge in [0.2, 0.25) is 11.6 Å². The Morgan fingerprint density at radius 3 is 3.00 bits per heavy atom. The van der Waals surface area contributed by atoms with Gasteiger partial charge in [0.1, 0.15) is 12.2 Å². The first-order chi connectivity index (χ1) is 11.3. The molecule has 3 rings (SSSR count). The summed E-state index contributed by atoms with van der Waals surface area (Å²) in [6, 6.07) is 1.40. The molecule has 0 aliphatic carbocycles. The molecular formula is C14H14ClFN4O4. The van der Waals surface area contributed by atoms with Crippen LogP contribution in [0.2, 0.25) is 0 Å². The van der Waals surface area contributed by atoms with E-state index in [1.54, 1.807) is 0 Å². The van der Waals surface area contributed by atoms with E-state index in [4.69, 9.17) is 22.1 Å². The maximum Gasteiger partial charge on any atom is 0.261 e. The number of H-pyrrole nitrogens is 1. The van der Waals surface area contributed by atoms with Crippen LogP contribution in [0.3, 0.4) is 0 Å². The lowest BCUT2D eigenvalue weighted by molar-refractivity contribution is -0.0775. The second kappa shape index (κ2) is 5.75. The number of nitrogens with one attached hydrogen (secondary N) is 1. The third kappa shape index (κ3) is 2.35. The Labute approximate surface area is 140 Å². The number of nitrogen functional groups attached to an aromatic ring is 1. The van der Waals surface area contributed by atoms with Crippen molar-refractivity contribution in [3.05, 3.63) is 22.6 Å². The summed E-state index contributed by atoms with van der Waals surface area (Å²) < 4.78 is 22.0. The van der Waals surface area contributed by atoms with Crippen molar-refractivity contribution < 1.29 is 19.3 Å². The van der Waals surface area contributed by atoms with Crippen molar-refractivity contribution in [2.24, 2.45) is 0 Å². The topological polar surface area (TPSA) is 126 Å². The number of ether oxygens (including phenoxy) is 1. The summed E-state index contributed by atoms with van der Waals surface area (Å²) in [5, 5.41) is 22.0. The number of aromatic amines is 1. The molecule has 0 spiro atoms. The van der Waals surface area contributed by atoms with Crippen LogP contribution in [-0.4, -0.2) is 48.7 Å². The molecule has 24 heavy (non-hydrogen) atoms.